The molecule has 1 saturated heterocycles. The number of benzene rings is 1. The molecule has 1 aromatic carbocycles. The largest absolute Gasteiger partial charge is 0.348 e. The fourth-order valence-electron chi connectivity index (χ4n) is 3.06. The van der Waals surface area contributed by atoms with Gasteiger partial charge < -0.3 is 9.88 Å². The van der Waals surface area contributed by atoms with Crippen molar-refractivity contribution in [3.63, 3.8) is 0 Å². The van der Waals surface area contributed by atoms with Crippen molar-refractivity contribution in [1.82, 2.24) is 9.88 Å². The van der Waals surface area contributed by atoms with Crippen LogP contribution in [0.5, 0.6) is 0 Å². The monoisotopic (exact) mass is 262 g/mol. The van der Waals surface area contributed by atoms with Gasteiger partial charge in [0.1, 0.15) is 0 Å². The summed E-state index contributed by atoms with van der Waals surface area (Å²) in [5, 5.41) is 5.61. The van der Waals surface area contributed by atoms with Gasteiger partial charge in [-0.15, -0.1) is 0 Å². The molecule has 1 aliphatic heterocycles. The van der Waals surface area contributed by atoms with E-state index >= 15 is 0 Å². The second-order valence-corrected chi connectivity index (χ2v) is 5.78. The minimum atomic E-state index is 0.772. The van der Waals surface area contributed by atoms with Gasteiger partial charge in [-0.1, -0.05) is 11.6 Å². The summed E-state index contributed by atoms with van der Waals surface area (Å²) in [4.78, 5) is 0. The van der Waals surface area contributed by atoms with E-state index in [1.54, 1.807) is 0 Å². The van der Waals surface area contributed by atoms with Crippen LogP contribution in [0.1, 0.15) is 17.7 Å². The summed E-state index contributed by atoms with van der Waals surface area (Å²) in [6, 6.07) is 6.22. The van der Waals surface area contributed by atoms with Gasteiger partial charge in [-0.3, -0.25) is 0 Å². The lowest BCUT2D eigenvalue weighted by Crippen LogP contribution is -2.11. The molecule has 0 radical (unpaired) electrons. The first kappa shape index (κ1) is 12.1. The fourth-order valence-corrected chi connectivity index (χ4v) is 3.23. The first-order valence-corrected chi connectivity index (χ1v) is 6.98. The predicted octanol–water partition coefficient (Wildman–Crippen LogP) is 3.29. The van der Waals surface area contributed by atoms with Crippen LogP contribution in [0.4, 0.5) is 0 Å². The van der Waals surface area contributed by atoms with Gasteiger partial charge in [0.2, 0.25) is 0 Å². The third-order valence-electron chi connectivity index (χ3n) is 4.24. The summed E-state index contributed by atoms with van der Waals surface area (Å²) in [5.41, 5.74) is 4.14. The number of nitrogens with zero attached hydrogens (tertiary/aromatic N) is 1. The highest BCUT2D eigenvalue weighted by atomic mass is 35.5. The number of halogens is 1. The van der Waals surface area contributed by atoms with Gasteiger partial charge in [0.25, 0.3) is 0 Å². The fraction of sp³-hybridized carbons (Fsp3) is 0.467. The van der Waals surface area contributed by atoms with E-state index in [9.17, 15) is 0 Å². The van der Waals surface area contributed by atoms with Gasteiger partial charge in [0.15, 0.2) is 0 Å². The van der Waals surface area contributed by atoms with Crippen molar-refractivity contribution >= 4 is 22.5 Å². The maximum absolute atomic E-state index is 6.15. The molecule has 3 rings (SSSR count). The number of nitrogens with one attached hydrogen (secondary N) is 1. The van der Waals surface area contributed by atoms with Gasteiger partial charge in [0.05, 0.1) is 0 Å². The lowest BCUT2D eigenvalue weighted by atomic mass is 9.96. The minimum Gasteiger partial charge on any atom is -0.348 e. The Bertz CT molecular complexity index is 580. The number of aromatic nitrogens is 1. The molecule has 1 N–H and O–H groups in total. The van der Waals surface area contributed by atoms with Gasteiger partial charge in [-0.25, -0.2) is 0 Å². The molecular formula is C15H19ClN2. The van der Waals surface area contributed by atoms with Crippen molar-refractivity contribution in [2.75, 3.05) is 13.1 Å². The van der Waals surface area contributed by atoms with Crippen LogP contribution in [0.25, 0.3) is 10.9 Å². The Kier molecular flexibility index (Phi) is 3.08. The van der Waals surface area contributed by atoms with E-state index in [1.807, 2.05) is 6.07 Å². The Hall–Kier alpha value is -0.990. The molecule has 0 aliphatic carbocycles. The van der Waals surface area contributed by atoms with E-state index in [0.29, 0.717) is 0 Å². The SMILES string of the molecule is Cc1c(CC2CCNC2)c2cc(Cl)ccc2n1C. The summed E-state index contributed by atoms with van der Waals surface area (Å²) in [7, 11) is 2.14. The Balaban J connectivity index is 2.08. The topological polar surface area (TPSA) is 17.0 Å². The molecule has 0 amide bonds. The Morgan fingerprint density at radius 1 is 1.44 bits per heavy atom. The van der Waals surface area contributed by atoms with E-state index in [-0.39, 0.29) is 0 Å². The second kappa shape index (κ2) is 4.60. The molecule has 0 spiro atoms. The molecule has 1 fully saturated rings. The molecular weight excluding hydrogens is 244 g/mol. The van der Waals surface area contributed by atoms with Crippen molar-refractivity contribution in [3.05, 3.63) is 34.5 Å². The van der Waals surface area contributed by atoms with Crippen LogP contribution in [0, 0.1) is 12.8 Å². The van der Waals surface area contributed by atoms with Crippen LogP contribution >= 0.6 is 11.6 Å². The van der Waals surface area contributed by atoms with E-state index in [0.717, 1.165) is 30.5 Å². The molecule has 1 atom stereocenters. The van der Waals surface area contributed by atoms with Crippen LogP contribution < -0.4 is 5.32 Å². The highest BCUT2D eigenvalue weighted by Gasteiger charge is 2.19. The van der Waals surface area contributed by atoms with Crippen LogP contribution in [0.3, 0.4) is 0 Å². The highest BCUT2D eigenvalue weighted by Crippen LogP contribution is 2.30. The maximum Gasteiger partial charge on any atom is 0.0483 e. The van der Waals surface area contributed by atoms with Crippen LogP contribution in [0.15, 0.2) is 18.2 Å². The third-order valence-corrected chi connectivity index (χ3v) is 4.48. The smallest absolute Gasteiger partial charge is 0.0483 e. The summed E-state index contributed by atoms with van der Waals surface area (Å²) in [6.07, 6.45) is 2.45. The predicted molar refractivity (Wildman–Crippen MR) is 77.3 cm³/mol. The Morgan fingerprint density at radius 3 is 3.00 bits per heavy atom. The molecule has 3 heteroatoms. The lowest BCUT2D eigenvalue weighted by Gasteiger charge is -2.08. The zero-order chi connectivity index (χ0) is 12.7. The van der Waals surface area contributed by atoms with Crippen molar-refractivity contribution in [2.45, 2.75) is 19.8 Å². The molecule has 0 saturated carbocycles. The van der Waals surface area contributed by atoms with Crippen LogP contribution in [0.2, 0.25) is 5.02 Å². The molecule has 0 bridgehead atoms. The van der Waals surface area contributed by atoms with E-state index in [1.165, 1.54) is 28.6 Å². The summed E-state index contributed by atoms with van der Waals surface area (Å²) >= 11 is 6.15. The zero-order valence-corrected chi connectivity index (χ0v) is 11.7. The molecule has 1 unspecified atom stereocenters. The van der Waals surface area contributed by atoms with E-state index < -0.39 is 0 Å². The van der Waals surface area contributed by atoms with Gasteiger partial charge in [-0.05, 0) is 62.5 Å². The minimum absolute atomic E-state index is 0.772. The maximum atomic E-state index is 6.15. The zero-order valence-electron chi connectivity index (χ0n) is 11.0. The van der Waals surface area contributed by atoms with Crippen molar-refractivity contribution in [1.29, 1.82) is 0 Å². The molecule has 18 heavy (non-hydrogen) atoms. The van der Waals surface area contributed by atoms with Crippen molar-refractivity contribution in [3.8, 4) is 0 Å². The molecule has 96 valence electrons. The Morgan fingerprint density at radius 2 is 2.28 bits per heavy atom. The Labute approximate surface area is 113 Å². The first-order valence-electron chi connectivity index (χ1n) is 6.61. The lowest BCUT2D eigenvalue weighted by molar-refractivity contribution is 0.579. The van der Waals surface area contributed by atoms with Gasteiger partial charge in [0, 0.05) is 28.7 Å². The van der Waals surface area contributed by atoms with Crippen molar-refractivity contribution < 1.29 is 0 Å². The number of aryl methyl sites for hydroxylation is 1. The van der Waals surface area contributed by atoms with Crippen LogP contribution in [-0.4, -0.2) is 17.7 Å². The summed E-state index contributed by atoms with van der Waals surface area (Å²) in [5.74, 6) is 0.772. The number of hydrogen-bond acceptors (Lipinski definition) is 1. The average molecular weight is 263 g/mol. The number of rotatable bonds is 2. The quantitative estimate of drug-likeness (QED) is 0.879. The highest BCUT2D eigenvalue weighted by molar-refractivity contribution is 6.31. The summed E-state index contributed by atoms with van der Waals surface area (Å²) < 4.78 is 2.28. The normalized spacial score (nSPS) is 19.8. The van der Waals surface area contributed by atoms with E-state index in [2.05, 4.69) is 36.0 Å². The molecule has 2 heterocycles. The molecule has 2 aromatic rings. The van der Waals surface area contributed by atoms with Gasteiger partial charge in [-0.2, -0.15) is 0 Å². The third kappa shape index (κ3) is 1.94. The van der Waals surface area contributed by atoms with E-state index in [4.69, 9.17) is 11.6 Å². The number of hydrogen-bond donors (Lipinski definition) is 1. The summed E-state index contributed by atoms with van der Waals surface area (Å²) in [6.45, 7) is 4.53. The van der Waals surface area contributed by atoms with Crippen LogP contribution in [-0.2, 0) is 13.5 Å². The standard InChI is InChI=1S/C15H19ClN2/c1-10-13(7-11-5-6-17-9-11)14-8-12(16)3-4-15(14)18(10)2/h3-4,8,11,17H,5-7,9H2,1-2H3. The van der Waals surface area contributed by atoms with Gasteiger partial charge >= 0.3 is 0 Å². The second-order valence-electron chi connectivity index (χ2n) is 5.35. The van der Waals surface area contributed by atoms with Crippen molar-refractivity contribution in [2.24, 2.45) is 13.0 Å². The number of fused-ring (bicyclic) bond motifs is 1. The molecule has 1 aliphatic rings. The molecule has 2 nitrogen and oxygen atoms in total. The molecule has 1 aromatic heterocycles. The average Bonchev–Trinajstić information content (AvgIpc) is 2.93. The first-order chi connectivity index (χ1) is 8.66.